The molecule has 0 atom stereocenters. The number of halogens is 1. The van der Waals surface area contributed by atoms with Gasteiger partial charge in [-0.3, -0.25) is 0 Å². The Balaban J connectivity index is 1.75. The van der Waals surface area contributed by atoms with E-state index in [9.17, 15) is 0 Å². The van der Waals surface area contributed by atoms with Gasteiger partial charge in [0.2, 0.25) is 5.88 Å². The molecule has 1 aliphatic rings. The Kier molecular flexibility index (Phi) is 3.80. The molecule has 3 rings (SSSR count). The predicted octanol–water partition coefficient (Wildman–Crippen LogP) is 3.89. The van der Waals surface area contributed by atoms with Gasteiger partial charge in [-0.1, -0.05) is 28.1 Å². The number of benzene rings is 1. The average Bonchev–Trinajstić information content (AvgIpc) is 3.22. The number of nitrogens with zero attached hydrogens (tertiary/aromatic N) is 1. The maximum absolute atomic E-state index is 5.86. The van der Waals surface area contributed by atoms with Gasteiger partial charge < -0.3 is 10.1 Å². The van der Waals surface area contributed by atoms with Crippen molar-refractivity contribution < 1.29 is 4.74 Å². The van der Waals surface area contributed by atoms with Crippen molar-refractivity contribution in [2.45, 2.75) is 25.4 Å². The molecule has 1 N–H and O–H groups in total. The Morgan fingerprint density at radius 1 is 1.26 bits per heavy atom. The van der Waals surface area contributed by atoms with Crippen molar-refractivity contribution in [3.8, 4) is 11.6 Å². The van der Waals surface area contributed by atoms with E-state index in [4.69, 9.17) is 4.74 Å². The second kappa shape index (κ2) is 5.72. The zero-order chi connectivity index (χ0) is 13.1. The summed E-state index contributed by atoms with van der Waals surface area (Å²) in [5.41, 5.74) is 1.09. The first kappa shape index (κ1) is 12.6. The number of hydrogen-bond donors (Lipinski definition) is 1. The fourth-order valence-electron chi connectivity index (χ4n) is 1.83. The number of nitrogens with one attached hydrogen (secondary N) is 1. The van der Waals surface area contributed by atoms with Gasteiger partial charge in [-0.25, -0.2) is 4.98 Å². The minimum absolute atomic E-state index is 0.675. The van der Waals surface area contributed by atoms with Crippen molar-refractivity contribution >= 4 is 15.9 Å². The van der Waals surface area contributed by atoms with Crippen molar-refractivity contribution in [3.05, 3.63) is 52.6 Å². The zero-order valence-corrected chi connectivity index (χ0v) is 12.1. The Hall–Kier alpha value is -1.39. The van der Waals surface area contributed by atoms with Crippen molar-refractivity contribution in [2.75, 3.05) is 0 Å². The molecule has 1 aromatic carbocycles. The van der Waals surface area contributed by atoms with Gasteiger partial charge in [0.1, 0.15) is 5.75 Å². The first-order valence-electron chi connectivity index (χ1n) is 6.42. The summed E-state index contributed by atoms with van der Waals surface area (Å²) in [5, 5.41) is 3.48. The number of pyridine rings is 1. The summed E-state index contributed by atoms with van der Waals surface area (Å²) in [5.74, 6) is 1.47. The fourth-order valence-corrected chi connectivity index (χ4v) is 2.21. The normalized spacial score (nSPS) is 14.4. The molecule has 1 aromatic heterocycles. The maximum Gasteiger partial charge on any atom is 0.223 e. The molecule has 4 heteroatoms. The van der Waals surface area contributed by atoms with Crippen LogP contribution in [-0.4, -0.2) is 11.0 Å². The minimum atomic E-state index is 0.675. The van der Waals surface area contributed by atoms with Gasteiger partial charge in [-0.15, -0.1) is 0 Å². The van der Waals surface area contributed by atoms with Crippen molar-refractivity contribution in [1.29, 1.82) is 0 Å². The second-order valence-corrected chi connectivity index (χ2v) is 5.60. The average molecular weight is 319 g/mol. The number of aromatic nitrogens is 1. The van der Waals surface area contributed by atoms with Crippen LogP contribution in [0.2, 0.25) is 0 Å². The third kappa shape index (κ3) is 3.55. The third-order valence-corrected chi connectivity index (χ3v) is 3.51. The summed E-state index contributed by atoms with van der Waals surface area (Å²) < 4.78 is 6.86. The van der Waals surface area contributed by atoms with Crippen LogP contribution in [0.4, 0.5) is 0 Å². The highest BCUT2D eigenvalue weighted by atomic mass is 79.9. The minimum Gasteiger partial charge on any atom is -0.439 e. The summed E-state index contributed by atoms with van der Waals surface area (Å²) in [7, 11) is 0. The number of hydrogen-bond acceptors (Lipinski definition) is 3. The van der Waals surface area contributed by atoms with E-state index in [0.29, 0.717) is 11.9 Å². The summed E-state index contributed by atoms with van der Waals surface area (Å²) in [6.45, 7) is 0.807. The molecule has 0 spiro atoms. The van der Waals surface area contributed by atoms with Crippen LogP contribution >= 0.6 is 15.9 Å². The highest BCUT2D eigenvalue weighted by molar-refractivity contribution is 9.10. The van der Waals surface area contributed by atoms with Crippen LogP contribution < -0.4 is 10.1 Å². The van der Waals surface area contributed by atoms with Crippen LogP contribution in [-0.2, 0) is 6.54 Å². The Labute approximate surface area is 121 Å². The van der Waals surface area contributed by atoms with E-state index in [0.717, 1.165) is 22.3 Å². The summed E-state index contributed by atoms with van der Waals surface area (Å²) in [4.78, 5) is 4.32. The SMILES string of the molecule is Brc1cccc(Oc2ncccc2CNC2CC2)c1. The molecule has 0 bridgehead atoms. The van der Waals surface area contributed by atoms with Gasteiger partial charge in [0, 0.05) is 28.8 Å². The molecule has 1 saturated carbocycles. The molecule has 98 valence electrons. The first-order valence-corrected chi connectivity index (χ1v) is 7.21. The Morgan fingerprint density at radius 2 is 2.16 bits per heavy atom. The molecule has 0 unspecified atom stereocenters. The molecular weight excluding hydrogens is 304 g/mol. The molecule has 1 heterocycles. The topological polar surface area (TPSA) is 34.1 Å². The van der Waals surface area contributed by atoms with E-state index in [-0.39, 0.29) is 0 Å². The lowest BCUT2D eigenvalue weighted by Crippen LogP contribution is -2.16. The fraction of sp³-hybridized carbons (Fsp3) is 0.267. The van der Waals surface area contributed by atoms with Gasteiger partial charge in [0.05, 0.1) is 0 Å². The molecule has 19 heavy (non-hydrogen) atoms. The highest BCUT2D eigenvalue weighted by Gasteiger charge is 2.20. The van der Waals surface area contributed by atoms with Crippen molar-refractivity contribution in [3.63, 3.8) is 0 Å². The second-order valence-electron chi connectivity index (χ2n) is 4.68. The monoisotopic (exact) mass is 318 g/mol. The predicted molar refractivity (Wildman–Crippen MR) is 78.3 cm³/mol. The molecule has 0 radical (unpaired) electrons. The van der Waals surface area contributed by atoms with Crippen LogP contribution in [0.1, 0.15) is 18.4 Å². The first-order chi connectivity index (χ1) is 9.31. The summed E-state index contributed by atoms with van der Waals surface area (Å²) in [6.07, 6.45) is 4.32. The molecule has 1 fully saturated rings. The largest absolute Gasteiger partial charge is 0.439 e. The standard InChI is InChI=1S/C15H15BrN2O/c16-12-4-1-5-14(9-12)19-15-11(3-2-8-17-15)10-18-13-6-7-13/h1-5,8-9,13,18H,6-7,10H2. The van der Waals surface area contributed by atoms with Crippen LogP contribution in [0.3, 0.4) is 0 Å². The van der Waals surface area contributed by atoms with Gasteiger partial charge in [0.25, 0.3) is 0 Å². The van der Waals surface area contributed by atoms with Crippen LogP contribution in [0.5, 0.6) is 11.6 Å². The van der Waals surface area contributed by atoms with E-state index in [2.05, 4.69) is 32.3 Å². The zero-order valence-electron chi connectivity index (χ0n) is 10.5. The number of rotatable bonds is 5. The molecule has 0 saturated heterocycles. The van der Waals surface area contributed by atoms with Gasteiger partial charge in [-0.05, 0) is 37.1 Å². The maximum atomic E-state index is 5.86. The van der Waals surface area contributed by atoms with Crippen LogP contribution in [0.15, 0.2) is 47.1 Å². The molecular formula is C15H15BrN2O. The molecule has 0 aliphatic heterocycles. The smallest absolute Gasteiger partial charge is 0.223 e. The lowest BCUT2D eigenvalue weighted by atomic mass is 10.2. The van der Waals surface area contributed by atoms with E-state index < -0.39 is 0 Å². The lowest BCUT2D eigenvalue weighted by Gasteiger charge is -2.10. The van der Waals surface area contributed by atoms with Crippen molar-refractivity contribution in [1.82, 2.24) is 10.3 Å². The van der Waals surface area contributed by atoms with Crippen molar-refractivity contribution in [2.24, 2.45) is 0 Å². The molecule has 3 nitrogen and oxygen atoms in total. The molecule has 1 aliphatic carbocycles. The molecule has 0 amide bonds. The van der Waals surface area contributed by atoms with E-state index >= 15 is 0 Å². The Morgan fingerprint density at radius 3 is 2.95 bits per heavy atom. The van der Waals surface area contributed by atoms with E-state index in [1.54, 1.807) is 6.20 Å². The lowest BCUT2D eigenvalue weighted by molar-refractivity contribution is 0.452. The van der Waals surface area contributed by atoms with E-state index in [1.165, 1.54) is 12.8 Å². The van der Waals surface area contributed by atoms with E-state index in [1.807, 2.05) is 30.3 Å². The van der Waals surface area contributed by atoms with Crippen LogP contribution in [0, 0.1) is 0 Å². The number of ether oxygens (including phenoxy) is 1. The van der Waals surface area contributed by atoms with Crippen LogP contribution in [0.25, 0.3) is 0 Å². The quantitative estimate of drug-likeness (QED) is 0.908. The summed E-state index contributed by atoms with van der Waals surface area (Å²) >= 11 is 3.44. The van der Waals surface area contributed by atoms with Gasteiger partial charge >= 0.3 is 0 Å². The van der Waals surface area contributed by atoms with Gasteiger partial charge in [0.15, 0.2) is 0 Å². The highest BCUT2D eigenvalue weighted by Crippen LogP contribution is 2.26. The molecule has 2 aromatic rings. The summed E-state index contributed by atoms with van der Waals surface area (Å²) in [6, 6.07) is 12.5. The third-order valence-electron chi connectivity index (χ3n) is 3.02. The Bertz CT molecular complexity index is 570. The van der Waals surface area contributed by atoms with Gasteiger partial charge in [-0.2, -0.15) is 0 Å².